The lowest BCUT2D eigenvalue weighted by atomic mass is 10.2. The van der Waals surface area contributed by atoms with E-state index in [2.05, 4.69) is 15.7 Å². The van der Waals surface area contributed by atoms with Crippen molar-refractivity contribution in [2.75, 3.05) is 10.7 Å². The van der Waals surface area contributed by atoms with E-state index in [1.165, 1.54) is 0 Å². The number of hydrogen-bond acceptors (Lipinski definition) is 4. The van der Waals surface area contributed by atoms with Crippen LogP contribution in [0.4, 0.5) is 11.5 Å². The van der Waals surface area contributed by atoms with Crippen LogP contribution in [0.25, 0.3) is 0 Å². The molecule has 0 bridgehead atoms. The number of benzene rings is 1. The molecule has 0 aliphatic heterocycles. The van der Waals surface area contributed by atoms with Crippen molar-refractivity contribution < 1.29 is 4.79 Å². The highest BCUT2D eigenvalue weighted by Crippen LogP contribution is 2.25. The number of amides is 1. The molecule has 5 nitrogen and oxygen atoms in total. The Morgan fingerprint density at radius 3 is 2.60 bits per heavy atom. The number of nitrogens with one attached hydrogen (secondary N) is 2. The standard InChI is InChI=1S/C13H12Cl2N4O/c1-7-4-8(5-12(17-7)19-16)13(20)18-9-2-3-10(14)11(15)6-9/h2-6H,16H2,1H3,(H,17,19)(H,18,20). The number of nitrogens with zero attached hydrogens (tertiary/aromatic N) is 1. The number of anilines is 2. The highest BCUT2D eigenvalue weighted by Gasteiger charge is 2.09. The fourth-order valence-electron chi connectivity index (χ4n) is 1.65. The average Bonchev–Trinajstić information content (AvgIpc) is 2.42. The Morgan fingerprint density at radius 2 is 1.95 bits per heavy atom. The predicted octanol–water partition coefficient (Wildman–Crippen LogP) is 3.23. The molecule has 2 aromatic rings. The molecule has 104 valence electrons. The topological polar surface area (TPSA) is 80.0 Å². The van der Waals surface area contributed by atoms with Crippen LogP contribution in [0.1, 0.15) is 16.1 Å². The molecule has 0 spiro atoms. The van der Waals surface area contributed by atoms with Crippen LogP contribution in [0.15, 0.2) is 30.3 Å². The highest BCUT2D eigenvalue weighted by molar-refractivity contribution is 6.42. The number of aryl methyl sites for hydroxylation is 1. The van der Waals surface area contributed by atoms with E-state index in [4.69, 9.17) is 29.0 Å². The fraction of sp³-hybridized carbons (Fsp3) is 0.0769. The van der Waals surface area contributed by atoms with Gasteiger partial charge in [0.15, 0.2) is 0 Å². The summed E-state index contributed by atoms with van der Waals surface area (Å²) in [5.74, 6) is 5.43. The first-order chi connectivity index (χ1) is 9.49. The van der Waals surface area contributed by atoms with E-state index in [-0.39, 0.29) is 5.91 Å². The summed E-state index contributed by atoms with van der Waals surface area (Å²) in [5.41, 5.74) is 4.09. The van der Waals surface area contributed by atoms with Gasteiger partial charge in [-0.25, -0.2) is 10.8 Å². The smallest absolute Gasteiger partial charge is 0.255 e. The Labute approximate surface area is 126 Å². The SMILES string of the molecule is Cc1cc(C(=O)Nc2ccc(Cl)c(Cl)c2)cc(NN)n1. The van der Waals surface area contributed by atoms with Crippen LogP contribution in [0.3, 0.4) is 0 Å². The van der Waals surface area contributed by atoms with Gasteiger partial charge in [0.1, 0.15) is 5.82 Å². The summed E-state index contributed by atoms with van der Waals surface area (Å²) in [6, 6.07) is 8.08. The second-order valence-electron chi connectivity index (χ2n) is 4.11. The Kier molecular flexibility index (Phi) is 4.44. The molecule has 0 radical (unpaired) electrons. The molecule has 0 saturated carbocycles. The van der Waals surface area contributed by atoms with E-state index in [0.29, 0.717) is 32.8 Å². The van der Waals surface area contributed by atoms with Gasteiger partial charge >= 0.3 is 0 Å². The van der Waals surface area contributed by atoms with E-state index >= 15 is 0 Å². The van der Waals surface area contributed by atoms with E-state index in [1.54, 1.807) is 37.3 Å². The molecule has 1 aromatic heterocycles. The van der Waals surface area contributed by atoms with Gasteiger partial charge in [-0.15, -0.1) is 0 Å². The van der Waals surface area contributed by atoms with Crippen molar-refractivity contribution in [3.05, 3.63) is 51.6 Å². The van der Waals surface area contributed by atoms with Crippen molar-refractivity contribution in [1.29, 1.82) is 0 Å². The maximum Gasteiger partial charge on any atom is 0.255 e. The maximum absolute atomic E-state index is 12.1. The molecule has 0 atom stereocenters. The normalized spacial score (nSPS) is 10.2. The largest absolute Gasteiger partial charge is 0.322 e. The molecule has 0 unspecified atom stereocenters. The first kappa shape index (κ1) is 14.6. The van der Waals surface area contributed by atoms with Gasteiger partial charge in [0.2, 0.25) is 0 Å². The van der Waals surface area contributed by atoms with Crippen LogP contribution in [0.5, 0.6) is 0 Å². The Hall–Kier alpha value is -1.82. The number of carbonyl (C=O) groups excluding carboxylic acids is 1. The molecule has 1 amide bonds. The van der Waals surface area contributed by atoms with Crippen LogP contribution >= 0.6 is 23.2 Å². The zero-order valence-electron chi connectivity index (χ0n) is 10.6. The van der Waals surface area contributed by atoms with Crippen LogP contribution in [-0.2, 0) is 0 Å². The number of aromatic nitrogens is 1. The Bertz CT molecular complexity index is 661. The third-order valence-electron chi connectivity index (χ3n) is 2.54. The molecular weight excluding hydrogens is 299 g/mol. The Morgan fingerprint density at radius 1 is 1.20 bits per heavy atom. The van der Waals surface area contributed by atoms with Gasteiger partial charge < -0.3 is 10.7 Å². The van der Waals surface area contributed by atoms with Gasteiger partial charge in [0.25, 0.3) is 5.91 Å². The average molecular weight is 311 g/mol. The number of hydrogen-bond donors (Lipinski definition) is 3. The fourth-order valence-corrected chi connectivity index (χ4v) is 1.95. The third-order valence-corrected chi connectivity index (χ3v) is 3.28. The summed E-state index contributed by atoms with van der Waals surface area (Å²) in [6.07, 6.45) is 0. The second kappa shape index (κ2) is 6.09. The lowest BCUT2D eigenvalue weighted by Gasteiger charge is -2.08. The van der Waals surface area contributed by atoms with Crippen LogP contribution in [0.2, 0.25) is 10.0 Å². The van der Waals surface area contributed by atoms with Crippen molar-refractivity contribution in [1.82, 2.24) is 4.98 Å². The van der Waals surface area contributed by atoms with Gasteiger partial charge in [-0.3, -0.25) is 4.79 Å². The third kappa shape index (κ3) is 3.39. The monoisotopic (exact) mass is 310 g/mol. The predicted molar refractivity (Wildman–Crippen MR) is 81.2 cm³/mol. The number of rotatable bonds is 3. The molecule has 1 heterocycles. The molecule has 1 aromatic carbocycles. The minimum atomic E-state index is -0.287. The maximum atomic E-state index is 12.1. The summed E-state index contributed by atoms with van der Waals surface area (Å²) in [5, 5.41) is 3.53. The summed E-state index contributed by atoms with van der Waals surface area (Å²) in [7, 11) is 0. The van der Waals surface area contributed by atoms with Gasteiger partial charge in [-0.05, 0) is 37.3 Å². The minimum absolute atomic E-state index is 0.287. The van der Waals surface area contributed by atoms with E-state index in [1.807, 2.05) is 0 Å². The highest BCUT2D eigenvalue weighted by atomic mass is 35.5. The molecule has 0 fully saturated rings. The van der Waals surface area contributed by atoms with Crippen molar-refractivity contribution in [2.24, 2.45) is 5.84 Å². The molecule has 0 saturated heterocycles. The summed E-state index contributed by atoms with van der Waals surface area (Å²) >= 11 is 11.7. The zero-order valence-corrected chi connectivity index (χ0v) is 12.1. The quantitative estimate of drug-likeness (QED) is 0.600. The molecule has 0 aliphatic carbocycles. The number of halogens is 2. The van der Waals surface area contributed by atoms with Crippen molar-refractivity contribution in [2.45, 2.75) is 6.92 Å². The Balaban J connectivity index is 2.23. The molecule has 4 N–H and O–H groups in total. The van der Waals surface area contributed by atoms with Gasteiger partial charge in [0.05, 0.1) is 10.0 Å². The second-order valence-corrected chi connectivity index (χ2v) is 4.92. The van der Waals surface area contributed by atoms with Crippen LogP contribution in [-0.4, -0.2) is 10.9 Å². The number of nitrogens with two attached hydrogens (primary N) is 1. The summed E-state index contributed by atoms with van der Waals surface area (Å²) in [6.45, 7) is 1.77. The first-order valence-electron chi connectivity index (χ1n) is 5.71. The summed E-state index contributed by atoms with van der Waals surface area (Å²) < 4.78 is 0. The number of nitrogen functional groups attached to an aromatic ring is 1. The summed E-state index contributed by atoms with van der Waals surface area (Å²) in [4.78, 5) is 16.3. The first-order valence-corrected chi connectivity index (χ1v) is 6.47. The van der Waals surface area contributed by atoms with Crippen molar-refractivity contribution >= 4 is 40.6 Å². The van der Waals surface area contributed by atoms with Gasteiger partial charge in [-0.2, -0.15) is 0 Å². The van der Waals surface area contributed by atoms with E-state index in [9.17, 15) is 4.79 Å². The van der Waals surface area contributed by atoms with Gasteiger partial charge in [-0.1, -0.05) is 23.2 Å². The van der Waals surface area contributed by atoms with Crippen LogP contribution < -0.4 is 16.6 Å². The van der Waals surface area contributed by atoms with E-state index in [0.717, 1.165) is 0 Å². The zero-order chi connectivity index (χ0) is 14.7. The molecule has 2 rings (SSSR count). The molecule has 7 heteroatoms. The number of carbonyl (C=O) groups is 1. The van der Waals surface area contributed by atoms with Gasteiger partial charge in [0, 0.05) is 16.9 Å². The lowest BCUT2D eigenvalue weighted by molar-refractivity contribution is 0.102. The van der Waals surface area contributed by atoms with E-state index < -0.39 is 0 Å². The minimum Gasteiger partial charge on any atom is -0.322 e. The van der Waals surface area contributed by atoms with Crippen LogP contribution in [0, 0.1) is 6.92 Å². The van der Waals surface area contributed by atoms with Crippen molar-refractivity contribution in [3.8, 4) is 0 Å². The number of pyridine rings is 1. The van der Waals surface area contributed by atoms with Crippen molar-refractivity contribution in [3.63, 3.8) is 0 Å². The number of hydrazine groups is 1. The molecular formula is C13H12Cl2N4O. The molecule has 20 heavy (non-hydrogen) atoms. The molecule has 0 aliphatic rings. The lowest BCUT2D eigenvalue weighted by Crippen LogP contribution is -2.15.